The fourth-order valence-electron chi connectivity index (χ4n) is 2.55. The van der Waals surface area contributed by atoms with Crippen LogP contribution in [-0.2, 0) is 0 Å². The quantitative estimate of drug-likeness (QED) is 0.643. The highest BCUT2D eigenvalue weighted by molar-refractivity contribution is 6.84. The van der Waals surface area contributed by atoms with E-state index in [1.807, 2.05) is 0 Å². The molecule has 0 radical (unpaired) electrons. The molecule has 1 unspecified atom stereocenters. The zero-order chi connectivity index (χ0) is 13.8. The number of hydrogen-bond donors (Lipinski definition) is 0. The van der Waals surface area contributed by atoms with Gasteiger partial charge in [-0.1, -0.05) is 102 Å². The molecule has 0 aliphatic heterocycles. The van der Waals surface area contributed by atoms with Crippen LogP contribution < -0.4 is 10.4 Å². The van der Waals surface area contributed by atoms with Gasteiger partial charge in [-0.15, -0.1) is 0 Å². The van der Waals surface area contributed by atoms with Crippen LogP contribution in [0.2, 0.25) is 6.55 Å². The molecule has 0 amide bonds. The van der Waals surface area contributed by atoms with E-state index in [0.717, 1.165) is 0 Å². The molecule has 3 aromatic carbocycles. The van der Waals surface area contributed by atoms with Crippen LogP contribution in [-0.4, -0.2) is 8.80 Å². The van der Waals surface area contributed by atoms with Crippen molar-refractivity contribution < 1.29 is 0 Å². The van der Waals surface area contributed by atoms with E-state index in [-0.39, 0.29) is 0 Å². The lowest BCUT2D eigenvalue weighted by molar-refractivity contribution is 1.63. The number of benzene rings is 3. The fourth-order valence-corrected chi connectivity index (χ4v) is 4.57. The van der Waals surface area contributed by atoms with Crippen molar-refractivity contribution in [3.05, 3.63) is 84.9 Å². The minimum atomic E-state index is -1.07. The van der Waals surface area contributed by atoms with Gasteiger partial charge in [-0.2, -0.15) is 0 Å². The third kappa shape index (κ3) is 2.73. The number of rotatable bonds is 3. The standard InChI is InChI=1S/C19H18Si/c1-20(18-12-6-3-7-13-18)19-14-8-11-17(15-19)16-9-4-2-5-10-16/h2-15,20H,1H3. The summed E-state index contributed by atoms with van der Waals surface area (Å²) >= 11 is 0. The van der Waals surface area contributed by atoms with Crippen molar-refractivity contribution in [2.24, 2.45) is 0 Å². The molecular formula is C19H18Si. The second kappa shape index (κ2) is 5.89. The zero-order valence-electron chi connectivity index (χ0n) is 11.7. The van der Waals surface area contributed by atoms with Crippen molar-refractivity contribution in [3.63, 3.8) is 0 Å². The molecular weight excluding hydrogens is 256 g/mol. The summed E-state index contributed by atoms with van der Waals surface area (Å²) in [6.45, 7) is 2.40. The van der Waals surface area contributed by atoms with Crippen molar-refractivity contribution >= 4 is 19.2 Å². The van der Waals surface area contributed by atoms with Gasteiger partial charge < -0.3 is 0 Å². The third-order valence-corrected chi connectivity index (χ3v) is 6.54. The van der Waals surface area contributed by atoms with Crippen molar-refractivity contribution in [1.29, 1.82) is 0 Å². The lowest BCUT2D eigenvalue weighted by Crippen LogP contribution is -2.38. The van der Waals surface area contributed by atoms with Crippen LogP contribution in [0.15, 0.2) is 84.9 Å². The van der Waals surface area contributed by atoms with Gasteiger partial charge in [0, 0.05) is 0 Å². The smallest absolute Gasteiger partial charge is 0.0642 e. The van der Waals surface area contributed by atoms with Gasteiger partial charge in [0.05, 0.1) is 8.80 Å². The first-order valence-electron chi connectivity index (χ1n) is 7.05. The molecule has 1 heteroatoms. The Bertz CT molecular complexity index is 674. The van der Waals surface area contributed by atoms with Crippen LogP contribution in [0.3, 0.4) is 0 Å². The molecule has 0 saturated carbocycles. The number of hydrogen-bond acceptors (Lipinski definition) is 0. The summed E-state index contributed by atoms with van der Waals surface area (Å²) in [5.41, 5.74) is 2.61. The summed E-state index contributed by atoms with van der Waals surface area (Å²) in [6, 6.07) is 30.5. The van der Waals surface area contributed by atoms with Gasteiger partial charge in [0.2, 0.25) is 0 Å². The first kappa shape index (κ1) is 12.9. The molecule has 3 rings (SSSR count). The second-order valence-corrected chi connectivity index (χ2v) is 7.90. The Morgan fingerprint density at radius 3 is 1.80 bits per heavy atom. The summed E-state index contributed by atoms with van der Waals surface area (Å²) < 4.78 is 0. The molecule has 20 heavy (non-hydrogen) atoms. The van der Waals surface area contributed by atoms with Gasteiger partial charge in [0.15, 0.2) is 0 Å². The van der Waals surface area contributed by atoms with Crippen molar-refractivity contribution in [2.75, 3.05) is 0 Å². The first-order chi connectivity index (χ1) is 9.84. The van der Waals surface area contributed by atoms with E-state index in [4.69, 9.17) is 0 Å². The summed E-state index contributed by atoms with van der Waals surface area (Å²) in [7, 11) is -1.07. The van der Waals surface area contributed by atoms with Gasteiger partial charge in [0.25, 0.3) is 0 Å². The van der Waals surface area contributed by atoms with Crippen LogP contribution in [0.4, 0.5) is 0 Å². The van der Waals surface area contributed by atoms with E-state index in [0.29, 0.717) is 0 Å². The molecule has 0 bridgehead atoms. The lowest BCUT2D eigenvalue weighted by Gasteiger charge is -2.12. The molecule has 0 fully saturated rings. The van der Waals surface area contributed by atoms with Crippen molar-refractivity contribution in [2.45, 2.75) is 6.55 Å². The van der Waals surface area contributed by atoms with Gasteiger partial charge in [-0.25, -0.2) is 0 Å². The molecule has 3 aromatic rings. The van der Waals surface area contributed by atoms with Crippen LogP contribution in [0.1, 0.15) is 0 Å². The van der Waals surface area contributed by atoms with E-state index < -0.39 is 8.80 Å². The fraction of sp³-hybridized carbons (Fsp3) is 0.0526. The Kier molecular flexibility index (Phi) is 3.80. The Hall–Kier alpha value is -2.12. The largest absolute Gasteiger partial charge is 0.0997 e. The van der Waals surface area contributed by atoms with Crippen LogP contribution >= 0.6 is 0 Å². The van der Waals surface area contributed by atoms with Gasteiger partial charge in [-0.05, 0) is 11.1 Å². The normalized spacial score (nSPS) is 12.1. The highest BCUT2D eigenvalue weighted by Crippen LogP contribution is 2.17. The van der Waals surface area contributed by atoms with Gasteiger partial charge in [0.1, 0.15) is 0 Å². The average Bonchev–Trinajstić information content (AvgIpc) is 2.56. The molecule has 98 valence electrons. The van der Waals surface area contributed by atoms with E-state index in [2.05, 4.69) is 91.5 Å². The Balaban J connectivity index is 1.96. The molecule has 0 nitrogen and oxygen atoms in total. The Morgan fingerprint density at radius 1 is 0.550 bits per heavy atom. The maximum atomic E-state index is 2.40. The SMILES string of the molecule is C[SiH](c1ccccc1)c1cccc(-c2ccccc2)c1. The summed E-state index contributed by atoms with van der Waals surface area (Å²) in [5.74, 6) is 0. The van der Waals surface area contributed by atoms with Crippen LogP contribution in [0.5, 0.6) is 0 Å². The first-order valence-corrected chi connectivity index (χ1v) is 9.36. The molecule has 0 N–H and O–H groups in total. The molecule has 0 aliphatic carbocycles. The average molecular weight is 274 g/mol. The Morgan fingerprint density at radius 2 is 1.10 bits per heavy atom. The van der Waals surface area contributed by atoms with E-state index >= 15 is 0 Å². The predicted octanol–water partition coefficient (Wildman–Crippen LogP) is 3.32. The highest BCUT2D eigenvalue weighted by atomic mass is 28.3. The molecule has 0 spiro atoms. The molecule has 0 saturated heterocycles. The lowest BCUT2D eigenvalue weighted by atomic mass is 10.1. The molecule has 1 atom stereocenters. The van der Waals surface area contributed by atoms with Crippen LogP contribution in [0, 0.1) is 0 Å². The second-order valence-electron chi connectivity index (χ2n) is 5.12. The predicted molar refractivity (Wildman–Crippen MR) is 90.6 cm³/mol. The summed E-state index contributed by atoms with van der Waals surface area (Å²) in [6.07, 6.45) is 0. The van der Waals surface area contributed by atoms with Crippen LogP contribution in [0.25, 0.3) is 11.1 Å². The van der Waals surface area contributed by atoms with Gasteiger partial charge in [-0.3, -0.25) is 0 Å². The highest BCUT2D eigenvalue weighted by Gasteiger charge is 2.10. The zero-order valence-corrected chi connectivity index (χ0v) is 12.8. The molecule has 0 aromatic heterocycles. The maximum Gasteiger partial charge on any atom is 0.0997 e. The molecule has 0 aliphatic rings. The van der Waals surface area contributed by atoms with E-state index in [1.54, 1.807) is 0 Å². The minimum Gasteiger partial charge on any atom is -0.0642 e. The van der Waals surface area contributed by atoms with Gasteiger partial charge >= 0.3 is 0 Å². The van der Waals surface area contributed by atoms with E-state index in [9.17, 15) is 0 Å². The molecule has 0 heterocycles. The monoisotopic (exact) mass is 274 g/mol. The minimum absolute atomic E-state index is 1.07. The summed E-state index contributed by atoms with van der Waals surface area (Å²) in [4.78, 5) is 0. The Labute approximate surface area is 122 Å². The summed E-state index contributed by atoms with van der Waals surface area (Å²) in [5, 5.41) is 3.00. The topological polar surface area (TPSA) is 0 Å². The third-order valence-electron chi connectivity index (χ3n) is 3.79. The maximum absolute atomic E-state index is 2.40. The van der Waals surface area contributed by atoms with Crippen molar-refractivity contribution in [3.8, 4) is 11.1 Å². The van der Waals surface area contributed by atoms with Crippen molar-refractivity contribution in [1.82, 2.24) is 0 Å². The van der Waals surface area contributed by atoms with E-state index in [1.165, 1.54) is 21.5 Å².